The lowest BCUT2D eigenvalue weighted by Crippen LogP contribution is -2.17. The van der Waals surface area contributed by atoms with Crippen LogP contribution in [0.1, 0.15) is 21.5 Å². The highest BCUT2D eigenvalue weighted by molar-refractivity contribution is 5.95. The number of aromatic nitrogens is 2. The number of hydrogen-bond acceptors (Lipinski definition) is 3. The Bertz CT molecular complexity index is 1130. The van der Waals surface area contributed by atoms with E-state index in [1.807, 2.05) is 90.6 Å². The van der Waals surface area contributed by atoms with Crippen LogP contribution in [0.25, 0.3) is 16.9 Å². The standard InChI is InChI=1S/C24H20N4O/c1-18-12-14-20(15-13-18)24(29)26-25-16-21-17-28(22-10-6-3-7-11-22)27-23(21)19-8-4-2-5-9-19/h2-17H,1H3,(H,26,29)/b25-16-. The van der Waals surface area contributed by atoms with Gasteiger partial charge in [0.2, 0.25) is 0 Å². The van der Waals surface area contributed by atoms with Gasteiger partial charge in [-0.1, -0.05) is 66.2 Å². The zero-order chi connectivity index (χ0) is 20.1. The second kappa shape index (κ2) is 8.35. The molecular formula is C24H20N4O. The molecule has 1 N–H and O–H groups in total. The van der Waals surface area contributed by atoms with Crippen LogP contribution in [0.15, 0.2) is 96.2 Å². The van der Waals surface area contributed by atoms with E-state index in [2.05, 4.69) is 10.5 Å². The van der Waals surface area contributed by atoms with E-state index in [1.165, 1.54) is 0 Å². The van der Waals surface area contributed by atoms with Gasteiger partial charge in [0, 0.05) is 22.9 Å². The fourth-order valence-corrected chi connectivity index (χ4v) is 2.95. The minimum atomic E-state index is -0.252. The molecule has 29 heavy (non-hydrogen) atoms. The maximum Gasteiger partial charge on any atom is 0.271 e. The zero-order valence-electron chi connectivity index (χ0n) is 16.0. The summed E-state index contributed by atoms with van der Waals surface area (Å²) in [5.41, 5.74) is 7.79. The Labute approximate surface area is 169 Å². The highest BCUT2D eigenvalue weighted by atomic mass is 16.2. The normalized spacial score (nSPS) is 10.9. The van der Waals surface area contributed by atoms with Crippen molar-refractivity contribution in [2.45, 2.75) is 6.92 Å². The number of aryl methyl sites for hydroxylation is 1. The number of amides is 1. The molecular weight excluding hydrogens is 360 g/mol. The van der Waals surface area contributed by atoms with Crippen LogP contribution in [0.2, 0.25) is 0 Å². The topological polar surface area (TPSA) is 59.3 Å². The SMILES string of the molecule is Cc1ccc(C(=O)N/N=C\c2cn(-c3ccccc3)nc2-c2ccccc2)cc1. The third-order valence-corrected chi connectivity index (χ3v) is 4.49. The monoisotopic (exact) mass is 380 g/mol. The third-order valence-electron chi connectivity index (χ3n) is 4.49. The summed E-state index contributed by atoms with van der Waals surface area (Å²) in [6.45, 7) is 1.98. The van der Waals surface area contributed by atoms with E-state index < -0.39 is 0 Å². The molecule has 5 heteroatoms. The number of nitrogens with one attached hydrogen (secondary N) is 1. The first-order chi connectivity index (χ1) is 14.2. The van der Waals surface area contributed by atoms with Gasteiger partial charge in [0.15, 0.2) is 0 Å². The maximum atomic E-state index is 12.3. The number of para-hydroxylation sites is 1. The van der Waals surface area contributed by atoms with E-state index >= 15 is 0 Å². The van der Waals surface area contributed by atoms with Crippen molar-refractivity contribution in [3.63, 3.8) is 0 Å². The Morgan fingerprint density at radius 3 is 2.28 bits per heavy atom. The van der Waals surface area contributed by atoms with Gasteiger partial charge in [0.25, 0.3) is 5.91 Å². The molecule has 0 saturated carbocycles. The molecule has 0 aliphatic heterocycles. The van der Waals surface area contributed by atoms with Crippen molar-refractivity contribution in [1.29, 1.82) is 0 Å². The molecule has 0 fully saturated rings. The number of carbonyl (C=O) groups is 1. The van der Waals surface area contributed by atoms with Crippen molar-refractivity contribution in [3.8, 4) is 16.9 Å². The van der Waals surface area contributed by atoms with Gasteiger partial charge in [-0.2, -0.15) is 10.2 Å². The Balaban J connectivity index is 1.61. The molecule has 0 spiro atoms. The molecule has 142 valence electrons. The third kappa shape index (κ3) is 4.30. The van der Waals surface area contributed by atoms with Crippen LogP contribution < -0.4 is 5.43 Å². The first-order valence-corrected chi connectivity index (χ1v) is 9.31. The first-order valence-electron chi connectivity index (χ1n) is 9.31. The first kappa shape index (κ1) is 18.4. The Hall–Kier alpha value is -3.99. The Morgan fingerprint density at radius 1 is 0.931 bits per heavy atom. The van der Waals surface area contributed by atoms with E-state index in [1.54, 1.807) is 18.3 Å². The zero-order valence-corrected chi connectivity index (χ0v) is 16.0. The number of benzene rings is 3. The highest BCUT2D eigenvalue weighted by Crippen LogP contribution is 2.22. The van der Waals surface area contributed by atoms with Gasteiger partial charge in [-0.05, 0) is 31.2 Å². The summed E-state index contributed by atoms with van der Waals surface area (Å²) < 4.78 is 1.81. The predicted octanol–water partition coefficient (Wildman–Crippen LogP) is 4.61. The number of rotatable bonds is 5. The molecule has 0 radical (unpaired) electrons. The molecule has 0 aliphatic carbocycles. The molecule has 0 unspecified atom stereocenters. The Kier molecular flexibility index (Phi) is 5.29. The smallest absolute Gasteiger partial charge is 0.267 e. The number of nitrogens with zero attached hydrogens (tertiary/aromatic N) is 3. The summed E-state index contributed by atoms with van der Waals surface area (Å²) in [6.07, 6.45) is 3.53. The molecule has 1 aromatic heterocycles. The fraction of sp³-hybridized carbons (Fsp3) is 0.0417. The van der Waals surface area contributed by atoms with Crippen LogP contribution >= 0.6 is 0 Å². The summed E-state index contributed by atoms with van der Waals surface area (Å²) >= 11 is 0. The molecule has 4 rings (SSSR count). The maximum absolute atomic E-state index is 12.3. The van der Waals surface area contributed by atoms with Crippen molar-refractivity contribution in [2.75, 3.05) is 0 Å². The molecule has 3 aromatic carbocycles. The van der Waals surface area contributed by atoms with Crippen LogP contribution in [-0.4, -0.2) is 21.9 Å². The molecule has 0 bridgehead atoms. The molecule has 0 atom stereocenters. The Morgan fingerprint density at radius 2 is 1.59 bits per heavy atom. The lowest BCUT2D eigenvalue weighted by atomic mass is 10.1. The van der Waals surface area contributed by atoms with Gasteiger partial charge in [0.05, 0.1) is 11.9 Å². The fourth-order valence-electron chi connectivity index (χ4n) is 2.95. The average Bonchev–Trinajstić information content (AvgIpc) is 3.19. The quantitative estimate of drug-likeness (QED) is 0.406. The largest absolute Gasteiger partial charge is 0.271 e. The van der Waals surface area contributed by atoms with Gasteiger partial charge in [0.1, 0.15) is 5.69 Å². The summed E-state index contributed by atoms with van der Waals surface area (Å²) in [7, 11) is 0. The van der Waals surface area contributed by atoms with Crippen molar-refractivity contribution >= 4 is 12.1 Å². The van der Waals surface area contributed by atoms with Gasteiger partial charge in [-0.15, -0.1) is 0 Å². The van der Waals surface area contributed by atoms with E-state index in [0.29, 0.717) is 5.56 Å². The van der Waals surface area contributed by atoms with Crippen LogP contribution in [0, 0.1) is 6.92 Å². The van der Waals surface area contributed by atoms with Crippen molar-refractivity contribution < 1.29 is 4.79 Å². The highest BCUT2D eigenvalue weighted by Gasteiger charge is 2.11. The summed E-state index contributed by atoms with van der Waals surface area (Å²) in [4.78, 5) is 12.3. The van der Waals surface area contributed by atoms with E-state index in [-0.39, 0.29) is 5.91 Å². The van der Waals surface area contributed by atoms with Crippen molar-refractivity contribution in [1.82, 2.24) is 15.2 Å². The summed E-state index contributed by atoms with van der Waals surface area (Å²) in [5, 5.41) is 8.88. The average molecular weight is 380 g/mol. The second-order valence-electron chi connectivity index (χ2n) is 6.64. The molecule has 0 saturated heterocycles. The molecule has 4 aromatic rings. The van der Waals surface area contributed by atoms with Crippen molar-refractivity contribution in [2.24, 2.45) is 5.10 Å². The number of hydrazone groups is 1. The van der Waals surface area contributed by atoms with Crippen LogP contribution in [0.3, 0.4) is 0 Å². The minimum Gasteiger partial charge on any atom is -0.267 e. The van der Waals surface area contributed by atoms with E-state index in [9.17, 15) is 4.79 Å². The van der Waals surface area contributed by atoms with Gasteiger partial charge < -0.3 is 0 Å². The lowest BCUT2D eigenvalue weighted by molar-refractivity contribution is 0.0955. The van der Waals surface area contributed by atoms with E-state index in [0.717, 1.165) is 28.1 Å². The predicted molar refractivity (Wildman–Crippen MR) is 115 cm³/mol. The van der Waals surface area contributed by atoms with Gasteiger partial charge >= 0.3 is 0 Å². The van der Waals surface area contributed by atoms with E-state index in [4.69, 9.17) is 5.10 Å². The molecule has 1 amide bonds. The second-order valence-corrected chi connectivity index (χ2v) is 6.64. The van der Waals surface area contributed by atoms with Crippen molar-refractivity contribution in [3.05, 3.63) is 108 Å². The van der Waals surface area contributed by atoms with Crippen LogP contribution in [-0.2, 0) is 0 Å². The minimum absolute atomic E-state index is 0.252. The number of carbonyl (C=O) groups excluding carboxylic acids is 1. The molecule has 5 nitrogen and oxygen atoms in total. The summed E-state index contributed by atoms with van der Waals surface area (Å²) in [6, 6.07) is 27.1. The number of hydrogen-bond donors (Lipinski definition) is 1. The lowest BCUT2D eigenvalue weighted by Gasteiger charge is -2.01. The van der Waals surface area contributed by atoms with Crippen LogP contribution in [0.5, 0.6) is 0 Å². The molecule has 1 heterocycles. The van der Waals surface area contributed by atoms with Crippen LogP contribution in [0.4, 0.5) is 0 Å². The van der Waals surface area contributed by atoms with Gasteiger partial charge in [-0.3, -0.25) is 4.79 Å². The molecule has 0 aliphatic rings. The summed E-state index contributed by atoms with van der Waals surface area (Å²) in [5.74, 6) is -0.252. The van der Waals surface area contributed by atoms with Gasteiger partial charge in [-0.25, -0.2) is 10.1 Å².